The van der Waals surface area contributed by atoms with Crippen molar-refractivity contribution >= 4 is 40.3 Å². The number of ether oxygens (including phenoxy) is 1. The smallest absolute Gasteiger partial charge is 0.319 e. The number of halogens is 1. The maximum absolute atomic E-state index is 12.2. The standard InChI is InChI=1S/C20H23ClN6O3/c1-12(2)23-19(28)13-4-6-17-15(10-13)25-26-27(17)9-8-22-20(29)24-16-11-14(21)5-7-18(16)30-3/h4-7,10-12H,8-9H2,1-3H3,(H,23,28)(H2,22,24,29). The van der Waals surface area contributed by atoms with Gasteiger partial charge in [0, 0.05) is 23.2 Å². The highest BCUT2D eigenvalue weighted by Crippen LogP contribution is 2.27. The van der Waals surface area contributed by atoms with E-state index in [1.807, 2.05) is 13.8 Å². The van der Waals surface area contributed by atoms with Crippen molar-refractivity contribution in [3.05, 3.63) is 47.0 Å². The Bertz CT molecular complexity index is 1070. The Labute approximate surface area is 178 Å². The zero-order valence-corrected chi connectivity index (χ0v) is 17.7. The number of methoxy groups -OCH3 is 1. The molecule has 0 unspecified atom stereocenters. The topological polar surface area (TPSA) is 110 Å². The van der Waals surface area contributed by atoms with E-state index in [1.165, 1.54) is 7.11 Å². The Morgan fingerprint density at radius 1 is 1.20 bits per heavy atom. The fourth-order valence-electron chi connectivity index (χ4n) is 2.84. The highest BCUT2D eigenvalue weighted by Gasteiger charge is 2.12. The fraction of sp³-hybridized carbons (Fsp3) is 0.300. The van der Waals surface area contributed by atoms with E-state index < -0.39 is 6.03 Å². The maximum atomic E-state index is 12.2. The molecule has 0 saturated carbocycles. The third kappa shape index (κ3) is 5.18. The minimum Gasteiger partial charge on any atom is -0.495 e. The van der Waals surface area contributed by atoms with E-state index in [4.69, 9.17) is 16.3 Å². The number of hydrogen-bond donors (Lipinski definition) is 3. The number of carbonyl (C=O) groups excluding carboxylic acids is 2. The Hall–Kier alpha value is -3.33. The third-order valence-electron chi connectivity index (χ3n) is 4.21. The Morgan fingerprint density at radius 2 is 2.00 bits per heavy atom. The van der Waals surface area contributed by atoms with Crippen LogP contribution in [0.15, 0.2) is 36.4 Å². The van der Waals surface area contributed by atoms with E-state index in [2.05, 4.69) is 26.3 Å². The van der Waals surface area contributed by atoms with Crippen molar-refractivity contribution in [2.24, 2.45) is 0 Å². The largest absolute Gasteiger partial charge is 0.495 e. The minimum absolute atomic E-state index is 0.0491. The molecule has 2 aromatic carbocycles. The van der Waals surface area contributed by atoms with Crippen LogP contribution in [0.5, 0.6) is 5.75 Å². The molecule has 0 aliphatic carbocycles. The summed E-state index contributed by atoms with van der Waals surface area (Å²) >= 11 is 5.97. The number of nitrogens with one attached hydrogen (secondary N) is 3. The molecule has 0 radical (unpaired) electrons. The molecule has 0 atom stereocenters. The second-order valence-corrected chi connectivity index (χ2v) is 7.31. The molecule has 30 heavy (non-hydrogen) atoms. The predicted octanol–water partition coefficient (Wildman–Crippen LogP) is 3.05. The van der Waals surface area contributed by atoms with Gasteiger partial charge in [0.2, 0.25) is 0 Å². The van der Waals surface area contributed by atoms with Gasteiger partial charge in [0.1, 0.15) is 11.3 Å². The molecule has 0 saturated heterocycles. The van der Waals surface area contributed by atoms with Crippen LogP contribution in [0.25, 0.3) is 11.0 Å². The first kappa shape index (κ1) is 21.4. The molecule has 1 aromatic heterocycles. The molecule has 3 amide bonds. The molecule has 9 nitrogen and oxygen atoms in total. The summed E-state index contributed by atoms with van der Waals surface area (Å²) in [6.07, 6.45) is 0. The van der Waals surface area contributed by atoms with E-state index in [1.54, 1.807) is 41.1 Å². The fourth-order valence-corrected chi connectivity index (χ4v) is 3.02. The number of anilines is 1. The van der Waals surface area contributed by atoms with Crippen LogP contribution in [0.4, 0.5) is 10.5 Å². The molecule has 10 heteroatoms. The van der Waals surface area contributed by atoms with Gasteiger partial charge in [0.15, 0.2) is 0 Å². The molecule has 0 aliphatic heterocycles. The van der Waals surface area contributed by atoms with Crippen molar-refractivity contribution in [1.29, 1.82) is 0 Å². The zero-order valence-electron chi connectivity index (χ0n) is 16.9. The third-order valence-corrected chi connectivity index (χ3v) is 4.45. The number of hydrogen-bond acceptors (Lipinski definition) is 5. The lowest BCUT2D eigenvalue weighted by molar-refractivity contribution is 0.0943. The van der Waals surface area contributed by atoms with Gasteiger partial charge in [0.05, 0.1) is 24.9 Å². The Kier molecular flexibility index (Phi) is 6.73. The van der Waals surface area contributed by atoms with Crippen LogP contribution in [0.1, 0.15) is 24.2 Å². The molecule has 0 bridgehead atoms. The van der Waals surface area contributed by atoms with E-state index in [9.17, 15) is 9.59 Å². The number of rotatable bonds is 7. The van der Waals surface area contributed by atoms with Gasteiger partial charge in [-0.1, -0.05) is 16.8 Å². The van der Waals surface area contributed by atoms with Gasteiger partial charge >= 0.3 is 6.03 Å². The van der Waals surface area contributed by atoms with Crippen molar-refractivity contribution in [2.75, 3.05) is 19.0 Å². The lowest BCUT2D eigenvalue weighted by Gasteiger charge is -2.11. The second kappa shape index (κ2) is 9.45. The highest BCUT2D eigenvalue weighted by atomic mass is 35.5. The summed E-state index contributed by atoms with van der Waals surface area (Å²) in [6, 6.07) is 9.83. The molecule has 1 heterocycles. The van der Waals surface area contributed by atoms with Crippen LogP contribution < -0.4 is 20.7 Å². The summed E-state index contributed by atoms with van der Waals surface area (Å²) in [7, 11) is 1.51. The van der Waals surface area contributed by atoms with Crippen LogP contribution in [-0.4, -0.2) is 46.6 Å². The van der Waals surface area contributed by atoms with Crippen LogP contribution in [0.3, 0.4) is 0 Å². The van der Waals surface area contributed by atoms with Gasteiger partial charge in [-0.2, -0.15) is 0 Å². The van der Waals surface area contributed by atoms with E-state index in [0.717, 1.165) is 5.52 Å². The normalized spacial score (nSPS) is 10.8. The molecule has 3 N–H and O–H groups in total. The second-order valence-electron chi connectivity index (χ2n) is 6.87. The lowest BCUT2D eigenvalue weighted by Crippen LogP contribution is -2.31. The molecular formula is C20H23ClN6O3. The summed E-state index contributed by atoms with van der Waals surface area (Å²) in [5, 5.41) is 17.0. The number of urea groups is 1. The van der Waals surface area contributed by atoms with Crippen LogP contribution in [0, 0.1) is 0 Å². The maximum Gasteiger partial charge on any atom is 0.319 e. The van der Waals surface area contributed by atoms with Crippen LogP contribution in [0.2, 0.25) is 5.02 Å². The number of benzene rings is 2. The Balaban J connectivity index is 1.59. The number of carbonyl (C=O) groups is 2. The minimum atomic E-state index is -0.396. The first-order valence-electron chi connectivity index (χ1n) is 9.40. The van der Waals surface area contributed by atoms with Crippen molar-refractivity contribution in [1.82, 2.24) is 25.6 Å². The van der Waals surface area contributed by atoms with Crippen molar-refractivity contribution in [2.45, 2.75) is 26.4 Å². The molecule has 0 fully saturated rings. The molecule has 3 aromatic rings. The van der Waals surface area contributed by atoms with Gasteiger partial charge in [-0.15, -0.1) is 5.10 Å². The monoisotopic (exact) mass is 430 g/mol. The number of nitrogens with zero attached hydrogens (tertiary/aromatic N) is 3. The number of amides is 3. The Morgan fingerprint density at radius 3 is 2.73 bits per heavy atom. The van der Waals surface area contributed by atoms with E-state index >= 15 is 0 Å². The van der Waals surface area contributed by atoms with Gasteiger partial charge in [-0.3, -0.25) is 4.79 Å². The van der Waals surface area contributed by atoms with E-state index in [-0.39, 0.29) is 11.9 Å². The molecular weight excluding hydrogens is 408 g/mol. The summed E-state index contributed by atoms with van der Waals surface area (Å²) < 4.78 is 6.87. The number of aromatic nitrogens is 3. The first-order chi connectivity index (χ1) is 14.4. The SMILES string of the molecule is COc1ccc(Cl)cc1NC(=O)NCCn1nnc2cc(C(=O)NC(C)C)ccc21. The summed E-state index contributed by atoms with van der Waals surface area (Å²) in [5.41, 5.74) is 2.38. The van der Waals surface area contributed by atoms with Gasteiger partial charge in [0.25, 0.3) is 5.91 Å². The summed E-state index contributed by atoms with van der Waals surface area (Å²) in [6.45, 7) is 4.54. The molecule has 158 valence electrons. The van der Waals surface area contributed by atoms with Crippen molar-refractivity contribution < 1.29 is 14.3 Å². The molecule has 0 aliphatic rings. The average molecular weight is 431 g/mol. The van der Waals surface area contributed by atoms with E-state index in [0.29, 0.717) is 40.6 Å². The summed E-state index contributed by atoms with van der Waals surface area (Å²) in [4.78, 5) is 24.3. The van der Waals surface area contributed by atoms with Gasteiger partial charge in [-0.05, 0) is 50.2 Å². The zero-order chi connectivity index (χ0) is 21.7. The van der Waals surface area contributed by atoms with Crippen LogP contribution >= 0.6 is 11.6 Å². The van der Waals surface area contributed by atoms with Gasteiger partial charge < -0.3 is 20.7 Å². The van der Waals surface area contributed by atoms with Gasteiger partial charge in [-0.25, -0.2) is 9.48 Å². The average Bonchev–Trinajstić information content (AvgIpc) is 3.10. The summed E-state index contributed by atoms with van der Waals surface area (Å²) in [5.74, 6) is 0.352. The highest BCUT2D eigenvalue weighted by molar-refractivity contribution is 6.31. The number of fused-ring (bicyclic) bond motifs is 1. The molecule has 0 spiro atoms. The molecule has 3 rings (SSSR count). The lowest BCUT2D eigenvalue weighted by atomic mass is 10.2. The van der Waals surface area contributed by atoms with Crippen molar-refractivity contribution in [3.8, 4) is 5.75 Å². The van der Waals surface area contributed by atoms with Crippen LogP contribution in [-0.2, 0) is 6.54 Å². The first-order valence-corrected chi connectivity index (χ1v) is 9.77. The van der Waals surface area contributed by atoms with Crippen molar-refractivity contribution in [3.63, 3.8) is 0 Å². The predicted molar refractivity (Wildman–Crippen MR) is 115 cm³/mol. The quantitative estimate of drug-likeness (QED) is 0.533.